The summed E-state index contributed by atoms with van der Waals surface area (Å²) in [6.07, 6.45) is 3.19. The Bertz CT molecular complexity index is 567. The molecule has 120 valence electrons. The molecule has 0 aliphatic carbocycles. The van der Waals surface area contributed by atoms with Crippen LogP contribution in [-0.4, -0.2) is 44.0 Å². The van der Waals surface area contributed by atoms with Gasteiger partial charge in [0.1, 0.15) is 11.4 Å². The van der Waals surface area contributed by atoms with Crippen LogP contribution in [0.25, 0.3) is 0 Å². The molecular weight excluding hydrogens is 280 g/mol. The molecule has 1 fully saturated rings. The van der Waals surface area contributed by atoms with Gasteiger partial charge >= 0.3 is 0 Å². The van der Waals surface area contributed by atoms with E-state index >= 15 is 0 Å². The quantitative estimate of drug-likeness (QED) is 0.908. The lowest BCUT2D eigenvalue weighted by atomic mass is 9.80. The Morgan fingerprint density at radius 1 is 1.18 bits per heavy atom. The summed E-state index contributed by atoms with van der Waals surface area (Å²) in [5.74, 6) is 2.61. The lowest BCUT2D eigenvalue weighted by molar-refractivity contribution is -0.0201. The van der Waals surface area contributed by atoms with Crippen molar-refractivity contribution in [2.45, 2.75) is 37.8 Å². The summed E-state index contributed by atoms with van der Waals surface area (Å²) in [7, 11) is 2.18. The Balaban J connectivity index is 1.69. The third kappa shape index (κ3) is 2.32. The Morgan fingerprint density at radius 2 is 1.91 bits per heavy atom. The summed E-state index contributed by atoms with van der Waals surface area (Å²) >= 11 is 0. The molecule has 5 nitrogen and oxygen atoms in total. The molecule has 5 heteroatoms. The number of hydrogen-bond acceptors (Lipinski definition) is 5. The maximum absolute atomic E-state index is 6.51. The molecule has 0 bridgehead atoms. The molecule has 1 spiro atoms. The molecule has 3 aliphatic rings. The summed E-state index contributed by atoms with van der Waals surface area (Å²) in [5, 5.41) is 3.62. The van der Waals surface area contributed by atoms with E-state index in [-0.39, 0.29) is 5.60 Å². The Hall–Kier alpha value is -1.46. The Morgan fingerprint density at radius 3 is 2.64 bits per heavy atom. The van der Waals surface area contributed by atoms with Gasteiger partial charge in [0.05, 0.1) is 0 Å². The molecule has 0 aromatic heterocycles. The molecule has 22 heavy (non-hydrogen) atoms. The van der Waals surface area contributed by atoms with Crippen LogP contribution in [0.3, 0.4) is 0 Å². The Labute approximate surface area is 131 Å². The van der Waals surface area contributed by atoms with Crippen LogP contribution in [0.2, 0.25) is 0 Å². The van der Waals surface area contributed by atoms with Crippen molar-refractivity contribution in [3.05, 3.63) is 17.7 Å². The highest BCUT2D eigenvalue weighted by Crippen LogP contribution is 2.48. The van der Waals surface area contributed by atoms with Gasteiger partial charge in [0.15, 0.2) is 11.5 Å². The summed E-state index contributed by atoms with van der Waals surface area (Å²) in [5.41, 5.74) is 1.16. The van der Waals surface area contributed by atoms with Gasteiger partial charge in [-0.25, -0.2) is 0 Å². The highest BCUT2D eigenvalue weighted by Gasteiger charge is 2.43. The van der Waals surface area contributed by atoms with E-state index in [9.17, 15) is 0 Å². The van der Waals surface area contributed by atoms with Gasteiger partial charge in [0.25, 0.3) is 0 Å². The standard InChI is InChI=1S/C17H24N2O3/c1-3-18-13-10-17(4-6-19(2)7-5-17)22-14-9-16-15(8-12(13)14)20-11-21-16/h8-9,13,18H,3-7,10-11H2,1-2H3. The van der Waals surface area contributed by atoms with E-state index in [0.717, 1.165) is 56.1 Å². The van der Waals surface area contributed by atoms with Crippen LogP contribution in [0.1, 0.15) is 37.8 Å². The highest BCUT2D eigenvalue weighted by molar-refractivity contribution is 5.54. The number of likely N-dealkylation sites (tertiary alicyclic amines) is 1. The molecule has 4 rings (SSSR count). The second-order valence-electron chi connectivity index (χ2n) is 6.65. The van der Waals surface area contributed by atoms with Crippen LogP contribution in [-0.2, 0) is 0 Å². The van der Waals surface area contributed by atoms with E-state index in [4.69, 9.17) is 14.2 Å². The number of piperidine rings is 1. The molecule has 1 saturated heterocycles. The molecule has 3 heterocycles. The summed E-state index contributed by atoms with van der Waals surface area (Å²) in [4.78, 5) is 2.38. The van der Waals surface area contributed by atoms with Gasteiger partial charge < -0.3 is 24.4 Å². The van der Waals surface area contributed by atoms with Crippen LogP contribution in [0, 0.1) is 0 Å². The molecule has 0 radical (unpaired) electrons. The molecule has 1 atom stereocenters. The lowest BCUT2D eigenvalue weighted by Crippen LogP contribution is -2.51. The fourth-order valence-electron chi connectivity index (χ4n) is 3.82. The normalized spacial score (nSPS) is 25.8. The minimum Gasteiger partial charge on any atom is -0.487 e. The second kappa shape index (κ2) is 5.32. The number of nitrogens with zero attached hydrogens (tertiary/aromatic N) is 1. The van der Waals surface area contributed by atoms with Crippen molar-refractivity contribution >= 4 is 0 Å². The van der Waals surface area contributed by atoms with Gasteiger partial charge in [-0.3, -0.25) is 0 Å². The SMILES string of the molecule is CCNC1CC2(CCN(C)CC2)Oc2cc3c(cc21)OCO3. The van der Waals surface area contributed by atoms with E-state index in [2.05, 4.69) is 30.3 Å². The van der Waals surface area contributed by atoms with E-state index < -0.39 is 0 Å². The summed E-state index contributed by atoms with van der Waals surface area (Å²) in [6.45, 7) is 5.61. The fraction of sp³-hybridized carbons (Fsp3) is 0.647. The lowest BCUT2D eigenvalue weighted by Gasteiger charge is -2.46. The second-order valence-corrected chi connectivity index (χ2v) is 6.65. The molecular formula is C17H24N2O3. The average Bonchev–Trinajstić information content (AvgIpc) is 2.96. The van der Waals surface area contributed by atoms with Crippen LogP contribution in [0.4, 0.5) is 0 Å². The van der Waals surface area contributed by atoms with Gasteiger partial charge in [0.2, 0.25) is 6.79 Å². The maximum atomic E-state index is 6.51. The van der Waals surface area contributed by atoms with E-state index in [1.807, 2.05) is 6.07 Å². The van der Waals surface area contributed by atoms with Gasteiger partial charge in [0, 0.05) is 37.2 Å². The van der Waals surface area contributed by atoms with Crippen LogP contribution < -0.4 is 19.5 Å². The van der Waals surface area contributed by atoms with E-state index in [1.54, 1.807) is 0 Å². The third-order valence-electron chi connectivity index (χ3n) is 5.13. The number of fused-ring (bicyclic) bond motifs is 2. The van der Waals surface area contributed by atoms with Gasteiger partial charge in [-0.15, -0.1) is 0 Å². The van der Waals surface area contributed by atoms with Crippen LogP contribution in [0.15, 0.2) is 12.1 Å². The number of ether oxygens (including phenoxy) is 3. The summed E-state index contributed by atoms with van der Waals surface area (Å²) < 4.78 is 17.6. The van der Waals surface area contributed by atoms with Crippen molar-refractivity contribution in [2.75, 3.05) is 33.5 Å². The van der Waals surface area contributed by atoms with Crippen molar-refractivity contribution < 1.29 is 14.2 Å². The van der Waals surface area contributed by atoms with Gasteiger partial charge in [-0.2, -0.15) is 0 Å². The van der Waals surface area contributed by atoms with Crippen molar-refractivity contribution in [3.8, 4) is 17.2 Å². The zero-order valence-corrected chi connectivity index (χ0v) is 13.4. The van der Waals surface area contributed by atoms with Crippen molar-refractivity contribution in [1.29, 1.82) is 0 Å². The van der Waals surface area contributed by atoms with E-state index in [1.165, 1.54) is 5.56 Å². The van der Waals surface area contributed by atoms with Crippen LogP contribution in [0.5, 0.6) is 17.2 Å². The smallest absolute Gasteiger partial charge is 0.231 e. The molecule has 3 aliphatic heterocycles. The van der Waals surface area contributed by atoms with Gasteiger partial charge in [-0.1, -0.05) is 6.92 Å². The molecule has 0 amide bonds. The van der Waals surface area contributed by atoms with Crippen molar-refractivity contribution in [3.63, 3.8) is 0 Å². The zero-order valence-electron chi connectivity index (χ0n) is 13.4. The summed E-state index contributed by atoms with van der Waals surface area (Å²) in [6, 6.07) is 4.43. The van der Waals surface area contributed by atoms with Crippen LogP contribution >= 0.6 is 0 Å². The highest BCUT2D eigenvalue weighted by atomic mass is 16.7. The monoisotopic (exact) mass is 304 g/mol. The minimum atomic E-state index is -0.0416. The molecule has 0 saturated carbocycles. The largest absolute Gasteiger partial charge is 0.487 e. The van der Waals surface area contributed by atoms with Crippen molar-refractivity contribution in [2.24, 2.45) is 0 Å². The molecule has 1 aromatic rings. The predicted molar refractivity (Wildman–Crippen MR) is 83.7 cm³/mol. The number of hydrogen-bond donors (Lipinski definition) is 1. The molecule has 1 N–H and O–H groups in total. The first kappa shape index (κ1) is 14.2. The van der Waals surface area contributed by atoms with E-state index in [0.29, 0.717) is 12.8 Å². The van der Waals surface area contributed by atoms with Crippen molar-refractivity contribution in [1.82, 2.24) is 10.2 Å². The van der Waals surface area contributed by atoms with Gasteiger partial charge in [-0.05, 0) is 32.5 Å². The first-order chi connectivity index (χ1) is 10.7. The predicted octanol–water partition coefficient (Wildman–Crippen LogP) is 2.31. The fourth-order valence-corrected chi connectivity index (χ4v) is 3.82. The molecule has 1 unspecified atom stereocenters. The zero-order chi connectivity index (χ0) is 15.2. The number of benzene rings is 1. The topological polar surface area (TPSA) is 43.0 Å². The number of nitrogens with one attached hydrogen (secondary N) is 1. The average molecular weight is 304 g/mol. The minimum absolute atomic E-state index is 0.0416. The number of rotatable bonds is 2. The maximum Gasteiger partial charge on any atom is 0.231 e. The Kier molecular flexibility index (Phi) is 3.42. The first-order valence-corrected chi connectivity index (χ1v) is 8.24. The third-order valence-corrected chi connectivity index (χ3v) is 5.13. The first-order valence-electron chi connectivity index (χ1n) is 8.24. The molecule has 1 aromatic carbocycles.